The van der Waals surface area contributed by atoms with Crippen LogP contribution < -0.4 is 43.4 Å². The largest absolute Gasteiger partial charge is 0.370 e. The first kappa shape index (κ1) is 32.0. The van der Waals surface area contributed by atoms with E-state index in [4.69, 9.17) is 34.2 Å². The summed E-state index contributed by atoms with van der Waals surface area (Å²) >= 11 is 6.24. The monoisotopic (exact) mass is 611 g/mol. The molecule has 4 rings (SSSR count). The minimum Gasteiger partial charge on any atom is -0.370 e. The molecule has 1 aliphatic heterocycles. The predicted molar refractivity (Wildman–Crippen MR) is 167 cm³/mol. The fourth-order valence-corrected chi connectivity index (χ4v) is 5.22. The molecule has 43 heavy (non-hydrogen) atoms. The van der Waals surface area contributed by atoms with Gasteiger partial charge in [0.25, 0.3) is 0 Å². The number of amides is 1. The SMILES string of the molecule is C[C@H](N)CCCc1cc(Cl)c(F)c(-c2cc3c([nH]2)=NC(O)N(c2ccc(CN[C@H](CCNC(=N)N)CC(N)=O)cc2)C=3)c1. The number of rotatable bonds is 14. The molecule has 1 unspecified atom stereocenters. The molecule has 3 aromatic rings. The van der Waals surface area contributed by atoms with Crippen LogP contribution in [-0.4, -0.2) is 46.9 Å². The first-order valence-electron chi connectivity index (χ1n) is 14.2. The number of fused-ring (bicyclic) bond motifs is 1. The molecule has 3 atom stereocenters. The van der Waals surface area contributed by atoms with E-state index in [0.29, 0.717) is 47.2 Å². The van der Waals surface area contributed by atoms with Gasteiger partial charge < -0.3 is 42.8 Å². The molecule has 2 heterocycles. The van der Waals surface area contributed by atoms with Gasteiger partial charge in [-0.1, -0.05) is 23.7 Å². The number of aryl methyl sites for hydroxylation is 1. The van der Waals surface area contributed by atoms with Crippen molar-refractivity contribution in [3.8, 4) is 11.3 Å². The van der Waals surface area contributed by atoms with Crippen LogP contribution in [0.25, 0.3) is 17.5 Å². The lowest BCUT2D eigenvalue weighted by Gasteiger charge is -2.25. The third kappa shape index (κ3) is 8.77. The normalized spacial score (nSPS) is 15.7. The Morgan fingerprint density at radius 1 is 1.21 bits per heavy atom. The van der Waals surface area contributed by atoms with Gasteiger partial charge in [-0.2, -0.15) is 0 Å². The number of carbonyl (C=O) groups excluding carboxylic acids is 1. The van der Waals surface area contributed by atoms with Crippen LogP contribution in [0, 0.1) is 11.2 Å². The number of hydrogen-bond acceptors (Lipinski definition) is 7. The summed E-state index contributed by atoms with van der Waals surface area (Å²) in [5, 5.41) is 24.9. The van der Waals surface area contributed by atoms with Crippen molar-refractivity contribution in [1.29, 1.82) is 5.41 Å². The number of primary amides is 1. The summed E-state index contributed by atoms with van der Waals surface area (Å²) in [6.45, 7) is 2.88. The summed E-state index contributed by atoms with van der Waals surface area (Å²) in [6, 6.07) is 12.7. The highest BCUT2D eigenvalue weighted by atomic mass is 35.5. The Kier molecular flexibility index (Phi) is 10.8. The van der Waals surface area contributed by atoms with Gasteiger partial charge in [0, 0.05) is 54.3 Å². The first-order chi connectivity index (χ1) is 20.5. The predicted octanol–water partition coefficient (Wildman–Crippen LogP) is 1.50. The van der Waals surface area contributed by atoms with Gasteiger partial charge in [-0.25, -0.2) is 9.38 Å². The van der Waals surface area contributed by atoms with E-state index in [1.54, 1.807) is 29.3 Å². The molecule has 2 aromatic carbocycles. The standard InChI is InChI=1S/C30H39ClFN9O2/c1-17(33)3-2-4-19-11-23(27(32)24(31)12-19)25-13-20-16-41(30(43)40-28(20)39-25)22-7-5-18(6-8-22)15-38-21(14-26(34)42)9-10-37-29(35)36/h5-8,11-13,16-17,21,30,38,43H,2-4,9-10,14-15,33H2,1H3,(H2,34,42)(H,39,40)(H4,35,36,37)/t17-,21+,30?/m0/s1. The number of halogens is 2. The number of hydrogen-bond donors (Lipinski definition) is 8. The lowest BCUT2D eigenvalue weighted by atomic mass is 10.0. The Bertz CT molecular complexity index is 1560. The number of aliphatic hydroxyl groups excluding tert-OH is 1. The van der Waals surface area contributed by atoms with Gasteiger partial charge in [-0.15, -0.1) is 0 Å². The van der Waals surface area contributed by atoms with Crippen LogP contribution in [0.3, 0.4) is 0 Å². The molecule has 1 aromatic heterocycles. The van der Waals surface area contributed by atoms with Crippen molar-refractivity contribution in [3.63, 3.8) is 0 Å². The van der Waals surface area contributed by atoms with Gasteiger partial charge in [0.2, 0.25) is 12.3 Å². The maximum atomic E-state index is 15.1. The van der Waals surface area contributed by atoms with E-state index in [0.717, 1.165) is 30.4 Å². The van der Waals surface area contributed by atoms with E-state index in [9.17, 15) is 9.90 Å². The number of benzene rings is 2. The fourth-order valence-electron chi connectivity index (χ4n) is 4.97. The Morgan fingerprint density at radius 3 is 2.63 bits per heavy atom. The van der Waals surface area contributed by atoms with E-state index in [1.807, 2.05) is 31.2 Å². The lowest BCUT2D eigenvalue weighted by Crippen LogP contribution is -2.41. The van der Waals surface area contributed by atoms with Gasteiger partial charge in [-0.05, 0) is 74.1 Å². The van der Waals surface area contributed by atoms with E-state index < -0.39 is 18.1 Å². The van der Waals surface area contributed by atoms with Crippen molar-refractivity contribution in [2.45, 2.75) is 64.0 Å². The van der Waals surface area contributed by atoms with Crippen molar-refractivity contribution in [3.05, 3.63) is 75.1 Å². The zero-order valence-electron chi connectivity index (χ0n) is 24.0. The first-order valence-corrected chi connectivity index (χ1v) is 14.6. The van der Waals surface area contributed by atoms with Crippen molar-refractivity contribution in [2.75, 3.05) is 11.4 Å². The zero-order chi connectivity index (χ0) is 31.1. The minimum atomic E-state index is -1.19. The molecule has 1 amide bonds. The number of nitrogens with one attached hydrogen (secondary N) is 4. The van der Waals surface area contributed by atoms with E-state index >= 15 is 4.39 Å². The molecule has 0 bridgehead atoms. The zero-order valence-corrected chi connectivity index (χ0v) is 24.8. The second-order valence-electron chi connectivity index (χ2n) is 10.9. The molecular formula is C30H39ClFN9O2. The molecule has 0 aliphatic carbocycles. The van der Waals surface area contributed by atoms with Gasteiger partial charge in [-0.3, -0.25) is 10.2 Å². The van der Waals surface area contributed by atoms with Crippen LogP contribution in [0.1, 0.15) is 43.7 Å². The van der Waals surface area contributed by atoms with Crippen molar-refractivity contribution < 1.29 is 14.3 Å². The summed E-state index contributed by atoms with van der Waals surface area (Å²) in [6.07, 6.45) is 3.75. The number of aromatic amines is 1. The van der Waals surface area contributed by atoms with Gasteiger partial charge >= 0.3 is 0 Å². The van der Waals surface area contributed by atoms with Crippen LogP contribution in [-0.2, 0) is 17.8 Å². The molecule has 13 heteroatoms. The van der Waals surface area contributed by atoms with Crippen LogP contribution >= 0.6 is 11.6 Å². The highest BCUT2D eigenvalue weighted by Crippen LogP contribution is 2.29. The Hall–Kier alpha value is -3.97. The molecule has 11 N–H and O–H groups in total. The molecule has 0 saturated heterocycles. The summed E-state index contributed by atoms with van der Waals surface area (Å²) in [5.41, 5.74) is 20.5. The third-order valence-corrected chi connectivity index (χ3v) is 7.46. The number of guanidine groups is 1. The van der Waals surface area contributed by atoms with Crippen LogP contribution in [0.2, 0.25) is 5.02 Å². The number of anilines is 1. The summed E-state index contributed by atoms with van der Waals surface area (Å²) in [4.78, 5) is 20.6. The summed E-state index contributed by atoms with van der Waals surface area (Å²) in [7, 11) is 0. The number of carbonyl (C=O) groups is 1. The molecule has 0 radical (unpaired) electrons. The molecule has 0 fully saturated rings. The molecule has 1 aliphatic rings. The second-order valence-corrected chi connectivity index (χ2v) is 11.3. The minimum absolute atomic E-state index is 0.0479. The van der Waals surface area contributed by atoms with Crippen LogP contribution in [0.5, 0.6) is 0 Å². The third-order valence-electron chi connectivity index (χ3n) is 7.19. The van der Waals surface area contributed by atoms with E-state index in [-0.39, 0.29) is 29.5 Å². The number of nitrogens with zero attached hydrogens (tertiary/aromatic N) is 2. The second kappa shape index (κ2) is 14.5. The Morgan fingerprint density at radius 2 is 1.95 bits per heavy atom. The topological polar surface area (TPSA) is 195 Å². The van der Waals surface area contributed by atoms with Gasteiger partial charge in [0.15, 0.2) is 11.8 Å². The lowest BCUT2D eigenvalue weighted by molar-refractivity contribution is -0.118. The van der Waals surface area contributed by atoms with Crippen molar-refractivity contribution in [1.82, 2.24) is 15.6 Å². The van der Waals surface area contributed by atoms with Crippen LogP contribution in [0.15, 0.2) is 47.5 Å². The summed E-state index contributed by atoms with van der Waals surface area (Å²) < 4.78 is 15.1. The highest BCUT2D eigenvalue weighted by Gasteiger charge is 2.20. The fraction of sp³-hybridized carbons (Fsp3) is 0.367. The quantitative estimate of drug-likeness (QED) is 0.0998. The van der Waals surface area contributed by atoms with Crippen molar-refractivity contribution in [2.24, 2.45) is 22.2 Å². The van der Waals surface area contributed by atoms with E-state index in [2.05, 4.69) is 20.6 Å². The van der Waals surface area contributed by atoms with Gasteiger partial charge in [0.1, 0.15) is 5.49 Å². The molecule has 0 saturated carbocycles. The summed E-state index contributed by atoms with van der Waals surface area (Å²) in [5.74, 6) is -1.07. The Labute approximate surface area is 254 Å². The molecular weight excluding hydrogens is 573 g/mol. The maximum Gasteiger partial charge on any atom is 0.231 e. The molecule has 0 spiro atoms. The number of nitrogens with two attached hydrogens (primary N) is 3. The van der Waals surface area contributed by atoms with Crippen molar-refractivity contribution >= 4 is 35.4 Å². The number of H-pyrrole nitrogens is 1. The average Bonchev–Trinajstić information content (AvgIpc) is 3.35. The number of aliphatic hydroxyl groups is 1. The molecule has 230 valence electrons. The molecule has 11 nitrogen and oxygen atoms in total. The maximum absolute atomic E-state index is 15.1. The van der Waals surface area contributed by atoms with Crippen LogP contribution in [0.4, 0.5) is 10.1 Å². The van der Waals surface area contributed by atoms with Gasteiger partial charge in [0.05, 0.1) is 10.7 Å². The average molecular weight is 612 g/mol. The van der Waals surface area contributed by atoms with E-state index in [1.165, 1.54) is 0 Å². The highest BCUT2D eigenvalue weighted by molar-refractivity contribution is 6.31. The Balaban J connectivity index is 1.48. The smallest absolute Gasteiger partial charge is 0.231 e. The number of aromatic nitrogens is 1.